The van der Waals surface area contributed by atoms with E-state index in [0.29, 0.717) is 10.6 Å². The largest absolute Gasteiger partial charge is 0.334 e. The van der Waals surface area contributed by atoms with Gasteiger partial charge in [-0.2, -0.15) is 0 Å². The standard InChI is InChI=1S/C16H18ClN3O2/c1-10-7-13(15(21)18-8-10)9-19-16(22)20-11(2)12-3-5-14(17)6-4-12/h3-8,11H,9H2,1-2H3,(H,18,21)(H2,19,20,22)/t11-/m1/s1. The van der Waals surface area contributed by atoms with Gasteiger partial charge in [-0.15, -0.1) is 0 Å². The monoisotopic (exact) mass is 319 g/mol. The van der Waals surface area contributed by atoms with Gasteiger partial charge < -0.3 is 15.6 Å². The predicted molar refractivity (Wildman–Crippen MR) is 87.0 cm³/mol. The van der Waals surface area contributed by atoms with Gasteiger partial charge in [-0.25, -0.2) is 4.79 Å². The van der Waals surface area contributed by atoms with Gasteiger partial charge in [0.25, 0.3) is 5.56 Å². The van der Waals surface area contributed by atoms with Crippen LogP contribution in [0.2, 0.25) is 5.02 Å². The summed E-state index contributed by atoms with van der Waals surface area (Å²) in [7, 11) is 0. The van der Waals surface area contributed by atoms with E-state index in [2.05, 4.69) is 15.6 Å². The van der Waals surface area contributed by atoms with Crippen LogP contribution in [-0.2, 0) is 6.54 Å². The van der Waals surface area contributed by atoms with Crippen molar-refractivity contribution < 1.29 is 4.79 Å². The molecule has 0 saturated heterocycles. The average Bonchev–Trinajstić information content (AvgIpc) is 2.49. The van der Waals surface area contributed by atoms with Gasteiger partial charge >= 0.3 is 6.03 Å². The number of hydrogen-bond acceptors (Lipinski definition) is 2. The first-order valence-electron chi connectivity index (χ1n) is 6.94. The van der Waals surface area contributed by atoms with E-state index in [1.54, 1.807) is 24.4 Å². The number of carbonyl (C=O) groups is 1. The zero-order valence-electron chi connectivity index (χ0n) is 12.4. The number of benzene rings is 1. The second-order valence-electron chi connectivity index (χ2n) is 5.13. The fraction of sp³-hybridized carbons (Fsp3) is 0.250. The minimum Gasteiger partial charge on any atom is -0.334 e. The SMILES string of the molecule is Cc1c[nH]c(=O)c(CNC(=O)N[C@H](C)c2ccc(Cl)cc2)c1. The highest BCUT2D eigenvalue weighted by atomic mass is 35.5. The van der Waals surface area contributed by atoms with E-state index in [-0.39, 0.29) is 24.2 Å². The summed E-state index contributed by atoms with van der Waals surface area (Å²) in [5, 5.41) is 6.15. The highest BCUT2D eigenvalue weighted by molar-refractivity contribution is 6.30. The average molecular weight is 320 g/mol. The molecule has 116 valence electrons. The summed E-state index contributed by atoms with van der Waals surface area (Å²) < 4.78 is 0. The Morgan fingerprint density at radius 1 is 1.32 bits per heavy atom. The van der Waals surface area contributed by atoms with Crippen molar-refractivity contribution in [2.24, 2.45) is 0 Å². The lowest BCUT2D eigenvalue weighted by molar-refractivity contribution is 0.237. The molecule has 1 heterocycles. The number of amides is 2. The molecule has 0 fully saturated rings. The summed E-state index contributed by atoms with van der Waals surface area (Å²) in [6.45, 7) is 3.93. The number of aryl methyl sites for hydroxylation is 1. The zero-order chi connectivity index (χ0) is 16.1. The summed E-state index contributed by atoms with van der Waals surface area (Å²) in [4.78, 5) is 26.1. The third-order valence-electron chi connectivity index (χ3n) is 3.28. The zero-order valence-corrected chi connectivity index (χ0v) is 13.2. The first-order valence-corrected chi connectivity index (χ1v) is 7.31. The molecule has 1 aromatic carbocycles. The highest BCUT2D eigenvalue weighted by Gasteiger charge is 2.09. The number of aromatic amines is 1. The molecule has 2 rings (SSSR count). The van der Waals surface area contributed by atoms with E-state index in [9.17, 15) is 9.59 Å². The molecule has 6 heteroatoms. The molecule has 3 N–H and O–H groups in total. The first kappa shape index (κ1) is 16.1. The molecule has 0 aliphatic rings. The molecule has 0 spiro atoms. The molecule has 0 unspecified atom stereocenters. The maximum atomic E-state index is 11.9. The van der Waals surface area contributed by atoms with Crippen LogP contribution in [0.5, 0.6) is 0 Å². The Kier molecular flexibility index (Phi) is 5.22. The molecule has 0 bridgehead atoms. The number of nitrogens with one attached hydrogen (secondary N) is 3. The summed E-state index contributed by atoms with van der Waals surface area (Å²) in [5.41, 5.74) is 2.21. The number of hydrogen-bond donors (Lipinski definition) is 3. The van der Waals surface area contributed by atoms with Crippen LogP contribution in [0.1, 0.15) is 29.7 Å². The second-order valence-corrected chi connectivity index (χ2v) is 5.57. The second kappa shape index (κ2) is 7.13. The van der Waals surface area contributed by atoms with Crippen molar-refractivity contribution in [3.63, 3.8) is 0 Å². The number of H-pyrrole nitrogens is 1. The lowest BCUT2D eigenvalue weighted by atomic mass is 10.1. The van der Waals surface area contributed by atoms with Crippen LogP contribution in [0.25, 0.3) is 0 Å². The predicted octanol–water partition coefficient (Wildman–Crippen LogP) is 2.90. The minimum atomic E-state index is -0.330. The van der Waals surface area contributed by atoms with Crippen LogP contribution < -0.4 is 16.2 Å². The van der Waals surface area contributed by atoms with Crippen LogP contribution in [-0.4, -0.2) is 11.0 Å². The molecule has 2 aromatic rings. The van der Waals surface area contributed by atoms with Crippen molar-refractivity contribution >= 4 is 17.6 Å². The number of aromatic nitrogens is 1. The minimum absolute atomic E-state index is 0.159. The molecule has 0 saturated carbocycles. The van der Waals surface area contributed by atoms with Gasteiger partial charge in [-0.1, -0.05) is 23.7 Å². The Labute approximate surface area is 133 Å². The van der Waals surface area contributed by atoms with Crippen LogP contribution in [0.4, 0.5) is 4.79 Å². The van der Waals surface area contributed by atoms with Gasteiger partial charge in [0.15, 0.2) is 0 Å². The van der Waals surface area contributed by atoms with E-state index < -0.39 is 0 Å². The summed E-state index contributed by atoms with van der Waals surface area (Å²) >= 11 is 5.83. The fourth-order valence-corrected chi connectivity index (χ4v) is 2.17. The first-order chi connectivity index (χ1) is 10.5. The lowest BCUT2D eigenvalue weighted by Gasteiger charge is -2.15. The van der Waals surface area contributed by atoms with Gasteiger partial charge in [0, 0.05) is 23.3 Å². The van der Waals surface area contributed by atoms with Crippen LogP contribution in [0, 0.1) is 6.92 Å². The van der Waals surface area contributed by atoms with Crippen LogP contribution in [0.15, 0.2) is 41.3 Å². The van der Waals surface area contributed by atoms with Crippen molar-refractivity contribution in [3.05, 3.63) is 68.6 Å². The Balaban J connectivity index is 1.91. The molecule has 1 aromatic heterocycles. The number of pyridine rings is 1. The van der Waals surface area contributed by atoms with Gasteiger partial charge in [0.1, 0.15) is 0 Å². The molecule has 0 aliphatic carbocycles. The maximum Gasteiger partial charge on any atom is 0.315 e. The molecule has 2 amide bonds. The summed E-state index contributed by atoms with van der Waals surface area (Å²) in [6, 6.07) is 8.54. The number of rotatable bonds is 4. The molecule has 0 radical (unpaired) electrons. The summed E-state index contributed by atoms with van der Waals surface area (Å²) in [5.74, 6) is 0. The van der Waals surface area contributed by atoms with Gasteiger partial charge in [-0.05, 0) is 43.2 Å². The maximum absolute atomic E-state index is 11.9. The van der Waals surface area contributed by atoms with Gasteiger partial charge in [0.05, 0.1) is 6.04 Å². The third kappa shape index (κ3) is 4.36. The molecule has 1 atom stereocenters. The Morgan fingerprint density at radius 2 is 2.00 bits per heavy atom. The molecule has 5 nitrogen and oxygen atoms in total. The Hall–Kier alpha value is -2.27. The Bertz CT molecular complexity index is 710. The molecule has 0 aliphatic heterocycles. The van der Waals surface area contributed by atoms with E-state index in [4.69, 9.17) is 11.6 Å². The quantitative estimate of drug-likeness (QED) is 0.810. The van der Waals surface area contributed by atoms with Crippen molar-refractivity contribution in [1.82, 2.24) is 15.6 Å². The van der Waals surface area contributed by atoms with Crippen LogP contribution in [0.3, 0.4) is 0 Å². The summed E-state index contributed by atoms with van der Waals surface area (Å²) in [6.07, 6.45) is 1.63. The number of carbonyl (C=O) groups excluding carboxylic acids is 1. The lowest BCUT2D eigenvalue weighted by Crippen LogP contribution is -2.37. The fourth-order valence-electron chi connectivity index (χ4n) is 2.04. The van der Waals surface area contributed by atoms with E-state index in [0.717, 1.165) is 11.1 Å². The van der Waals surface area contributed by atoms with Crippen molar-refractivity contribution in [1.29, 1.82) is 0 Å². The number of urea groups is 1. The van der Waals surface area contributed by atoms with Crippen molar-refractivity contribution in [3.8, 4) is 0 Å². The molecular weight excluding hydrogens is 302 g/mol. The molecular formula is C16H18ClN3O2. The van der Waals surface area contributed by atoms with Crippen molar-refractivity contribution in [2.45, 2.75) is 26.4 Å². The normalized spacial score (nSPS) is 11.8. The smallest absolute Gasteiger partial charge is 0.315 e. The topological polar surface area (TPSA) is 74.0 Å². The third-order valence-corrected chi connectivity index (χ3v) is 3.53. The molecule has 22 heavy (non-hydrogen) atoms. The van der Waals surface area contributed by atoms with Gasteiger partial charge in [0.2, 0.25) is 0 Å². The van der Waals surface area contributed by atoms with Crippen molar-refractivity contribution in [2.75, 3.05) is 0 Å². The number of halogens is 1. The van der Waals surface area contributed by atoms with E-state index in [1.165, 1.54) is 0 Å². The van der Waals surface area contributed by atoms with E-state index in [1.807, 2.05) is 26.0 Å². The Morgan fingerprint density at radius 3 is 2.68 bits per heavy atom. The van der Waals surface area contributed by atoms with E-state index >= 15 is 0 Å². The highest BCUT2D eigenvalue weighted by Crippen LogP contribution is 2.15. The van der Waals surface area contributed by atoms with Crippen LogP contribution >= 0.6 is 11.6 Å². The van der Waals surface area contributed by atoms with Gasteiger partial charge in [-0.3, -0.25) is 4.79 Å².